The number of methoxy groups -OCH3 is 1. The molecule has 0 radical (unpaired) electrons. The van der Waals surface area contributed by atoms with Gasteiger partial charge in [-0.25, -0.2) is 0 Å². The number of hydrogen-bond donors (Lipinski definition) is 1. The summed E-state index contributed by atoms with van der Waals surface area (Å²) in [5, 5.41) is 3.67. The van der Waals surface area contributed by atoms with Crippen molar-refractivity contribution < 1.29 is 9.53 Å². The van der Waals surface area contributed by atoms with Crippen molar-refractivity contribution in [3.63, 3.8) is 0 Å². The highest BCUT2D eigenvalue weighted by Gasteiger charge is 2.44. The lowest BCUT2D eigenvalue weighted by Crippen LogP contribution is -2.37. The summed E-state index contributed by atoms with van der Waals surface area (Å²) < 4.78 is 4.81. The summed E-state index contributed by atoms with van der Waals surface area (Å²) in [6.07, 6.45) is 8.62. The molecule has 20 heavy (non-hydrogen) atoms. The van der Waals surface area contributed by atoms with E-state index in [2.05, 4.69) is 12.2 Å². The SMILES string of the molecule is CCNC(CSCC1(CC(=O)OC)CC1)C1CCCC1. The van der Waals surface area contributed by atoms with Crippen LogP contribution in [0.25, 0.3) is 0 Å². The van der Waals surface area contributed by atoms with Crippen molar-refractivity contribution >= 4 is 17.7 Å². The molecule has 116 valence electrons. The summed E-state index contributed by atoms with van der Waals surface area (Å²) in [6, 6.07) is 0.668. The third-order valence-corrected chi connectivity index (χ3v) is 6.26. The van der Waals surface area contributed by atoms with Crippen LogP contribution in [0, 0.1) is 11.3 Å². The van der Waals surface area contributed by atoms with E-state index in [4.69, 9.17) is 4.74 Å². The summed E-state index contributed by atoms with van der Waals surface area (Å²) in [5.41, 5.74) is 0.268. The van der Waals surface area contributed by atoms with Crippen LogP contribution in [-0.2, 0) is 9.53 Å². The van der Waals surface area contributed by atoms with Gasteiger partial charge in [0.25, 0.3) is 0 Å². The normalized spacial score (nSPS) is 22.7. The average molecular weight is 299 g/mol. The lowest BCUT2D eigenvalue weighted by molar-refractivity contribution is -0.141. The quantitative estimate of drug-likeness (QED) is 0.663. The smallest absolute Gasteiger partial charge is 0.306 e. The van der Waals surface area contributed by atoms with Gasteiger partial charge in [-0.3, -0.25) is 4.79 Å². The van der Waals surface area contributed by atoms with Gasteiger partial charge in [-0.05, 0) is 49.3 Å². The summed E-state index contributed by atoms with van der Waals surface area (Å²) in [4.78, 5) is 11.4. The van der Waals surface area contributed by atoms with Gasteiger partial charge in [-0.1, -0.05) is 19.8 Å². The first-order chi connectivity index (χ1) is 9.69. The highest BCUT2D eigenvalue weighted by molar-refractivity contribution is 7.99. The first-order valence-electron chi connectivity index (χ1n) is 8.07. The van der Waals surface area contributed by atoms with Gasteiger partial charge >= 0.3 is 5.97 Å². The van der Waals surface area contributed by atoms with Crippen LogP contribution in [0.1, 0.15) is 51.9 Å². The van der Waals surface area contributed by atoms with Crippen molar-refractivity contribution in [1.82, 2.24) is 5.32 Å². The van der Waals surface area contributed by atoms with E-state index < -0.39 is 0 Å². The van der Waals surface area contributed by atoms with Crippen LogP contribution in [0.4, 0.5) is 0 Å². The minimum absolute atomic E-state index is 0.0397. The molecule has 1 atom stereocenters. The van der Waals surface area contributed by atoms with E-state index >= 15 is 0 Å². The molecule has 0 bridgehead atoms. The van der Waals surface area contributed by atoms with E-state index in [1.165, 1.54) is 51.4 Å². The predicted molar refractivity (Wildman–Crippen MR) is 85.0 cm³/mol. The Morgan fingerprint density at radius 3 is 2.65 bits per heavy atom. The summed E-state index contributed by atoms with van der Waals surface area (Å²) in [7, 11) is 1.49. The molecule has 0 aromatic carbocycles. The van der Waals surface area contributed by atoms with Crippen molar-refractivity contribution in [2.24, 2.45) is 11.3 Å². The van der Waals surface area contributed by atoms with Crippen molar-refractivity contribution in [1.29, 1.82) is 0 Å². The van der Waals surface area contributed by atoms with Crippen LogP contribution in [0.5, 0.6) is 0 Å². The first-order valence-corrected chi connectivity index (χ1v) is 9.22. The molecule has 0 spiro atoms. The van der Waals surface area contributed by atoms with Crippen molar-refractivity contribution in [2.45, 2.75) is 57.9 Å². The van der Waals surface area contributed by atoms with Gasteiger partial charge in [-0.15, -0.1) is 0 Å². The van der Waals surface area contributed by atoms with Gasteiger partial charge in [0.2, 0.25) is 0 Å². The molecule has 0 saturated heterocycles. The van der Waals surface area contributed by atoms with Crippen LogP contribution in [0.2, 0.25) is 0 Å². The number of carbonyl (C=O) groups excluding carboxylic acids is 1. The van der Waals surface area contributed by atoms with Gasteiger partial charge < -0.3 is 10.1 Å². The number of hydrogen-bond acceptors (Lipinski definition) is 4. The van der Waals surface area contributed by atoms with Crippen LogP contribution in [0.15, 0.2) is 0 Å². The fourth-order valence-electron chi connectivity index (χ4n) is 3.31. The number of carbonyl (C=O) groups is 1. The molecule has 1 unspecified atom stereocenters. The van der Waals surface area contributed by atoms with Gasteiger partial charge in [0.1, 0.15) is 0 Å². The van der Waals surface area contributed by atoms with Crippen LogP contribution in [0.3, 0.4) is 0 Å². The van der Waals surface area contributed by atoms with E-state index in [0.29, 0.717) is 12.5 Å². The van der Waals surface area contributed by atoms with Gasteiger partial charge in [-0.2, -0.15) is 11.8 Å². The zero-order chi connectivity index (χ0) is 14.4. The molecular formula is C16H29NO2S. The fourth-order valence-corrected chi connectivity index (χ4v) is 4.90. The molecule has 2 rings (SSSR count). The number of nitrogens with one attached hydrogen (secondary N) is 1. The molecule has 2 fully saturated rings. The predicted octanol–water partition coefficient (Wildman–Crippen LogP) is 3.23. The minimum Gasteiger partial charge on any atom is -0.469 e. The number of ether oxygens (including phenoxy) is 1. The van der Waals surface area contributed by atoms with E-state index in [1.807, 2.05) is 11.8 Å². The molecular weight excluding hydrogens is 270 g/mol. The Bertz CT molecular complexity index is 312. The van der Waals surface area contributed by atoms with Crippen molar-refractivity contribution in [3.8, 4) is 0 Å². The Labute approximate surface area is 127 Å². The van der Waals surface area contributed by atoms with Crippen molar-refractivity contribution in [2.75, 3.05) is 25.2 Å². The lowest BCUT2D eigenvalue weighted by atomic mass is 10.00. The molecule has 0 aliphatic heterocycles. The number of rotatable bonds is 9. The zero-order valence-corrected chi connectivity index (χ0v) is 13.8. The highest BCUT2D eigenvalue weighted by atomic mass is 32.2. The third-order valence-electron chi connectivity index (χ3n) is 4.84. The van der Waals surface area contributed by atoms with Gasteiger partial charge in [0.15, 0.2) is 0 Å². The standard InChI is InChI=1S/C16H29NO2S/c1-3-17-14(13-6-4-5-7-13)11-20-12-16(8-9-16)10-15(18)19-2/h13-14,17H,3-12H2,1-2H3. The minimum atomic E-state index is -0.0397. The summed E-state index contributed by atoms with van der Waals surface area (Å²) >= 11 is 2.04. The molecule has 0 heterocycles. The summed E-state index contributed by atoms with van der Waals surface area (Å²) in [5.74, 6) is 3.15. The van der Waals surface area contributed by atoms with Gasteiger partial charge in [0, 0.05) is 11.8 Å². The molecule has 0 amide bonds. The second-order valence-electron chi connectivity index (χ2n) is 6.48. The Hall–Kier alpha value is -0.220. The van der Waals surface area contributed by atoms with Crippen LogP contribution < -0.4 is 5.32 Å². The van der Waals surface area contributed by atoms with E-state index in [0.717, 1.165) is 18.2 Å². The van der Waals surface area contributed by atoms with Crippen LogP contribution in [-0.4, -0.2) is 37.2 Å². The second-order valence-corrected chi connectivity index (χ2v) is 7.51. The monoisotopic (exact) mass is 299 g/mol. The third kappa shape index (κ3) is 4.66. The van der Waals surface area contributed by atoms with E-state index in [1.54, 1.807) is 0 Å². The molecule has 2 aliphatic carbocycles. The highest BCUT2D eigenvalue weighted by Crippen LogP contribution is 2.51. The molecule has 2 saturated carbocycles. The first kappa shape index (κ1) is 16.2. The maximum absolute atomic E-state index is 11.4. The molecule has 0 aromatic rings. The lowest BCUT2D eigenvalue weighted by Gasteiger charge is -2.25. The van der Waals surface area contributed by atoms with Crippen LogP contribution >= 0.6 is 11.8 Å². The topological polar surface area (TPSA) is 38.3 Å². The Balaban J connectivity index is 1.71. The second kappa shape index (κ2) is 7.69. The zero-order valence-electron chi connectivity index (χ0n) is 13.0. The fraction of sp³-hybridized carbons (Fsp3) is 0.938. The largest absolute Gasteiger partial charge is 0.469 e. The molecule has 3 nitrogen and oxygen atoms in total. The molecule has 0 aromatic heterocycles. The maximum atomic E-state index is 11.4. The van der Waals surface area contributed by atoms with Gasteiger partial charge in [0.05, 0.1) is 13.5 Å². The van der Waals surface area contributed by atoms with E-state index in [9.17, 15) is 4.79 Å². The number of thioether (sulfide) groups is 1. The Morgan fingerprint density at radius 2 is 2.10 bits per heavy atom. The molecule has 1 N–H and O–H groups in total. The summed E-state index contributed by atoms with van der Waals surface area (Å²) in [6.45, 7) is 3.27. The molecule has 2 aliphatic rings. The van der Waals surface area contributed by atoms with E-state index in [-0.39, 0.29) is 11.4 Å². The Morgan fingerprint density at radius 1 is 1.40 bits per heavy atom. The average Bonchev–Trinajstić information content (AvgIpc) is 2.99. The number of esters is 1. The molecule has 4 heteroatoms. The maximum Gasteiger partial charge on any atom is 0.306 e. The Kier molecular flexibility index (Phi) is 6.21. The van der Waals surface area contributed by atoms with Crippen molar-refractivity contribution in [3.05, 3.63) is 0 Å².